The zero-order valence-electron chi connectivity index (χ0n) is 22.1. The Balaban J connectivity index is 1.54. The summed E-state index contributed by atoms with van der Waals surface area (Å²) < 4.78 is 4.19. The van der Waals surface area contributed by atoms with E-state index in [1.165, 1.54) is 5.56 Å². The molecular formula is C32H31N5O. The minimum absolute atomic E-state index is 0.142. The van der Waals surface area contributed by atoms with Crippen LogP contribution >= 0.6 is 0 Å². The Morgan fingerprint density at radius 2 is 1.61 bits per heavy atom. The molecule has 0 aliphatic carbocycles. The van der Waals surface area contributed by atoms with Crippen molar-refractivity contribution >= 4 is 11.7 Å². The van der Waals surface area contributed by atoms with Crippen LogP contribution in [-0.4, -0.2) is 25.3 Å². The highest BCUT2D eigenvalue weighted by atomic mass is 16.2. The van der Waals surface area contributed by atoms with Gasteiger partial charge in [0, 0.05) is 17.4 Å². The van der Waals surface area contributed by atoms with Gasteiger partial charge >= 0.3 is 6.03 Å². The van der Waals surface area contributed by atoms with Crippen LogP contribution in [-0.2, 0) is 6.54 Å². The van der Waals surface area contributed by atoms with Crippen LogP contribution in [0.15, 0.2) is 91.1 Å². The Hall–Kier alpha value is -4.58. The Kier molecular flexibility index (Phi) is 5.87. The van der Waals surface area contributed by atoms with Gasteiger partial charge in [0.15, 0.2) is 0 Å². The first-order chi connectivity index (χ1) is 18.4. The van der Waals surface area contributed by atoms with Crippen molar-refractivity contribution in [1.29, 1.82) is 0 Å². The number of aryl methyl sites for hydroxylation is 4. The number of carbonyl (C=O) groups is 1. The van der Waals surface area contributed by atoms with Crippen LogP contribution in [0.25, 0.3) is 11.5 Å². The maximum Gasteiger partial charge on any atom is 0.322 e. The lowest BCUT2D eigenvalue weighted by molar-refractivity contribution is 0.194. The van der Waals surface area contributed by atoms with E-state index in [0.29, 0.717) is 6.54 Å². The molecule has 38 heavy (non-hydrogen) atoms. The van der Waals surface area contributed by atoms with E-state index in [9.17, 15) is 4.79 Å². The average molecular weight is 502 g/mol. The molecule has 6 nitrogen and oxygen atoms in total. The third-order valence-corrected chi connectivity index (χ3v) is 7.38. The van der Waals surface area contributed by atoms with Gasteiger partial charge in [-0.25, -0.2) is 9.48 Å². The lowest BCUT2D eigenvalue weighted by atomic mass is 10.0. The van der Waals surface area contributed by atoms with Gasteiger partial charge in [0.25, 0.3) is 0 Å². The monoisotopic (exact) mass is 501 g/mol. The number of nitrogens with one attached hydrogen (secondary N) is 1. The summed E-state index contributed by atoms with van der Waals surface area (Å²) in [6, 6.07) is 28.5. The van der Waals surface area contributed by atoms with Gasteiger partial charge in [-0.3, -0.25) is 0 Å². The quantitative estimate of drug-likeness (QED) is 0.288. The number of aromatic nitrogens is 3. The van der Waals surface area contributed by atoms with Gasteiger partial charge in [-0.15, -0.1) is 0 Å². The molecule has 0 radical (unpaired) electrons. The van der Waals surface area contributed by atoms with E-state index >= 15 is 0 Å². The van der Waals surface area contributed by atoms with Gasteiger partial charge in [0.05, 0.1) is 29.7 Å². The molecule has 0 spiro atoms. The number of rotatable bonds is 3. The summed E-state index contributed by atoms with van der Waals surface area (Å²) >= 11 is 0. The van der Waals surface area contributed by atoms with Crippen molar-refractivity contribution in [2.75, 3.05) is 5.32 Å². The van der Waals surface area contributed by atoms with Crippen molar-refractivity contribution in [1.82, 2.24) is 19.2 Å². The second kappa shape index (κ2) is 9.38. The first-order valence-corrected chi connectivity index (χ1v) is 12.9. The molecule has 1 aliphatic rings. The van der Waals surface area contributed by atoms with Crippen LogP contribution in [0.5, 0.6) is 0 Å². The van der Waals surface area contributed by atoms with Crippen molar-refractivity contribution in [3.8, 4) is 11.5 Å². The highest BCUT2D eigenvalue weighted by molar-refractivity contribution is 5.91. The number of carbonyl (C=O) groups excluding carboxylic acids is 1. The number of hydrogen-bond donors (Lipinski definition) is 1. The highest BCUT2D eigenvalue weighted by Crippen LogP contribution is 2.39. The number of urea groups is 1. The van der Waals surface area contributed by atoms with Crippen molar-refractivity contribution < 1.29 is 4.79 Å². The van der Waals surface area contributed by atoms with Gasteiger partial charge in [-0.1, -0.05) is 60.2 Å². The number of nitrogens with zero attached hydrogens (tertiary/aromatic N) is 4. The fourth-order valence-corrected chi connectivity index (χ4v) is 5.31. The van der Waals surface area contributed by atoms with Gasteiger partial charge in [0.1, 0.15) is 5.82 Å². The molecule has 2 amide bonds. The number of amides is 2. The summed E-state index contributed by atoms with van der Waals surface area (Å²) in [5.41, 5.74) is 9.13. The number of anilines is 1. The average Bonchev–Trinajstić information content (AvgIpc) is 3.48. The van der Waals surface area contributed by atoms with E-state index in [1.54, 1.807) is 0 Å². The molecule has 0 saturated carbocycles. The maximum absolute atomic E-state index is 14.1. The Labute approximate surface area is 223 Å². The number of fused-ring (bicyclic) bond motifs is 3. The van der Waals surface area contributed by atoms with Gasteiger partial charge in [-0.05, 0) is 74.7 Å². The molecule has 0 unspecified atom stereocenters. The first kappa shape index (κ1) is 23.8. The molecule has 2 aromatic heterocycles. The van der Waals surface area contributed by atoms with E-state index in [0.717, 1.165) is 50.8 Å². The second-order valence-electron chi connectivity index (χ2n) is 10.1. The van der Waals surface area contributed by atoms with Crippen LogP contribution in [0.4, 0.5) is 10.5 Å². The van der Waals surface area contributed by atoms with Crippen LogP contribution < -0.4 is 5.32 Å². The normalized spacial score (nSPS) is 14.5. The predicted molar refractivity (Wildman–Crippen MR) is 151 cm³/mol. The Morgan fingerprint density at radius 1 is 0.868 bits per heavy atom. The van der Waals surface area contributed by atoms with E-state index in [4.69, 9.17) is 5.10 Å². The Morgan fingerprint density at radius 3 is 2.37 bits per heavy atom. The maximum atomic E-state index is 14.1. The van der Waals surface area contributed by atoms with E-state index in [1.807, 2.05) is 66.8 Å². The lowest BCUT2D eigenvalue weighted by Gasteiger charge is -2.31. The zero-order valence-corrected chi connectivity index (χ0v) is 22.1. The largest absolute Gasteiger partial charge is 0.322 e. The molecule has 6 heteroatoms. The molecule has 1 aliphatic heterocycles. The molecule has 1 atom stereocenters. The molecule has 0 saturated heterocycles. The van der Waals surface area contributed by atoms with Gasteiger partial charge in [0.2, 0.25) is 0 Å². The molecule has 6 rings (SSSR count). The van der Waals surface area contributed by atoms with Crippen molar-refractivity contribution in [2.45, 2.75) is 40.3 Å². The van der Waals surface area contributed by atoms with Crippen molar-refractivity contribution in [3.63, 3.8) is 0 Å². The van der Waals surface area contributed by atoms with Crippen LogP contribution in [0, 0.1) is 27.7 Å². The van der Waals surface area contributed by atoms with Gasteiger partial charge < -0.3 is 14.8 Å². The van der Waals surface area contributed by atoms with E-state index in [-0.39, 0.29) is 12.1 Å². The number of para-hydroxylation sites is 1. The first-order valence-electron chi connectivity index (χ1n) is 12.9. The van der Waals surface area contributed by atoms with E-state index < -0.39 is 0 Å². The standard InChI is InChI=1S/C32H31N5O/c1-21-13-16-25(17-14-21)30-29-11-8-18-35(29)31-27(24(4)34-37(31)26-9-6-5-7-10-26)20-36(30)32(38)33-28-19-22(2)12-15-23(28)3/h5-19,30H,20H2,1-4H3,(H,33,38)/t30-/m1/s1. The van der Waals surface area contributed by atoms with Crippen LogP contribution in [0.1, 0.15) is 45.2 Å². The molecule has 3 heterocycles. The summed E-state index contributed by atoms with van der Waals surface area (Å²) in [6.07, 6.45) is 2.07. The summed E-state index contributed by atoms with van der Waals surface area (Å²) in [7, 11) is 0. The fraction of sp³-hybridized carbons (Fsp3) is 0.188. The smallest absolute Gasteiger partial charge is 0.308 e. The minimum atomic E-state index is -0.285. The van der Waals surface area contributed by atoms with Crippen molar-refractivity contribution in [2.24, 2.45) is 0 Å². The molecule has 5 aromatic rings. The van der Waals surface area contributed by atoms with Gasteiger partial charge in [-0.2, -0.15) is 5.10 Å². The SMILES string of the molecule is Cc1ccc([C@@H]2c3cccn3-c3c(c(C)nn3-c3ccccc3)CN2C(=O)Nc2cc(C)ccc2C)cc1. The number of benzene rings is 3. The Bertz CT molecular complexity index is 1630. The highest BCUT2D eigenvalue weighted by Gasteiger charge is 2.36. The van der Waals surface area contributed by atoms with Crippen molar-refractivity contribution in [3.05, 3.63) is 130 Å². The third-order valence-electron chi connectivity index (χ3n) is 7.38. The molecule has 0 bridgehead atoms. The predicted octanol–water partition coefficient (Wildman–Crippen LogP) is 7.03. The molecule has 1 N–H and O–H groups in total. The summed E-state index contributed by atoms with van der Waals surface area (Å²) in [5.74, 6) is 0.966. The number of hydrogen-bond acceptors (Lipinski definition) is 2. The lowest BCUT2D eigenvalue weighted by Crippen LogP contribution is -2.38. The minimum Gasteiger partial charge on any atom is -0.308 e. The second-order valence-corrected chi connectivity index (χ2v) is 10.1. The molecular weight excluding hydrogens is 470 g/mol. The topological polar surface area (TPSA) is 55.1 Å². The molecule has 3 aromatic carbocycles. The zero-order chi connectivity index (χ0) is 26.4. The molecule has 0 fully saturated rings. The van der Waals surface area contributed by atoms with Crippen LogP contribution in [0.2, 0.25) is 0 Å². The molecule has 190 valence electrons. The summed E-state index contributed by atoms with van der Waals surface area (Å²) in [6.45, 7) is 8.58. The summed E-state index contributed by atoms with van der Waals surface area (Å²) in [5, 5.41) is 8.15. The van der Waals surface area contributed by atoms with Crippen LogP contribution in [0.3, 0.4) is 0 Å². The van der Waals surface area contributed by atoms with E-state index in [2.05, 4.69) is 71.5 Å². The third kappa shape index (κ3) is 4.08. The fourth-order valence-electron chi connectivity index (χ4n) is 5.31. The summed E-state index contributed by atoms with van der Waals surface area (Å²) in [4.78, 5) is 16.1.